The van der Waals surface area contributed by atoms with E-state index in [9.17, 15) is 14.7 Å². The van der Waals surface area contributed by atoms with Gasteiger partial charge < -0.3 is 14.6 Å². The van der Waals surface area contributed by atoms with Crippen molar-refractivity contribution >= 4 is 46.3 Å². The summed E-state index contributed by atoms with van der Waals surface area (Å²) < 4.78 is 10.7. The number of carboxylic acid groups (broad SMARTS) is 1. The largest absolute Gasteiger partial charge is 0.493 e. The lowest BCUT2D eigenvalue weighted by Gasteiger charge is -2.24. The van der Waals surface area contributed by atoms with Crippen molar-refractivity contribution in [2.75, 3.05) is 14.2 Å². The van der Waals surface area contributed by atoms with Crippen LogP contribution in [0.1, 0.15) is 25.8 Å². The molecule has 0 aliphatic carbocycles. The second-order valence-electron chi connectivity index (χ2n) is 6.15. The third kappa shape index (κ3) is 4.37. The van der Waals surface area contributed by atoms with Gasteiger partial charge in [0.2, 0.25) is 0 Å². The fraction of sp³-hybridized carbons (Fsp3) is 0.389. The van der Waals surface area contributed by atoms with Crippen LogP contribution in [0, 0.1) is 5.92 Å². The smallest absolute Gasteiger partial charge is 0.326 e. The van der Waals surface area contributed by atoms with Gasteiger partial charge in [0.15, 0.2) is 11.5 Å². The number of nitrogens with zero attached hydrogens (tertiary/aromatic N) is 1. The van der Waals surface area contributed by atoms with E-state index in [4.69, 9.17) is 21.7 Å². The van der Waals surface area contributed by atoms with Crippen LogP contribution in [0.2, 0.25) is 0 Å². The van der Waals surface area contributed by atoms with Gasteiger partial charge in [-0.1, -0.05) is 43.9 Å². The molecule has 0 spiro atoms. The highest BCUT2D eigenvalue weighted by Gasteiger charge is 2.40. The molecule has 0 radical (unpaired) electrons. The molecule has 140 valence electrons. The van der Waals surface area contributed by atoms with E-state index >= 15 is 0 Å². The average molecular weight is 396 g/mol. The van der Waals surface area contributed by atoms with Gasteiger partial charge in [-0.2, -0.15) is 0 Å². The topological polar surface area (TPSA) is 76.1 Å². The number of benzene rings is 1. The molecule has 1 N–H and O–H groups in total. The Kier molecular flexibility index (Phi) is 6.66. The molecule has 0 saturated carbocycles. The summed E-state index contributed by atoms with van der Waals surface area (Å²) in [6, 6.07) is 4.31. The van der Waals surface area contributed by atoms with E-state index in [1.54, 1.807) is 31.4 Å². The molecule has 1 amide bonds. The number of carbonyl (C=O) groups excluding carboxylic acids is 1. The van der Waals surface area contributed by atoms with Crippen molar-refractivity contribution in [2.45, 2.75) is 26.3 Å². The Morgan fingerprint density at radius 3 is 2.50 bits per heavy atom. The lowest BCUT2D eigenvalue weighted by atomic mass is 10.0. The Balaban J connectivity index is 2.32. The van der Waals surface area contributed by atoms with Gasteiger partial charge >= 0.3 is 5.97 Å². The van der Waals surface area contributed by atoms with Crippen LogP contribution in [0.4, 0.5) is 0 Å². The lowest BCUT2D eigenvalue weighted by molar-refractivity contribution is -0.145. The fourth-order valence-electron chi connectivity index (χ4n) is 2.61. The van der Waals surface area contributed by atoms with Crippen LogP contribution in [-0.2, 0) is 9.59 Å². The molecule has 0 unspecified atom stereocenters. The van der Waals surface area contributed by atoms with Crippen LogP contribution in [0.25, 0.3) is 6.08 Å². The first-order valence-corrected chi connectivity index (χ1v) is 9.22. The summed E-state index contributed by atoms with van der Waals surface area (Å²) in [5.41, 5.74) is 0.735. The predicted octanol–water partition coefficient (Wildman–Crippen LogP) is 3.40. The fourth-order valence-corrected chi connectivity index (χ4v) is 3.96. The van der Waals surface area contributed by atoms with E-state index in [1.165, 1.54) is 12.0 Å². The lowest BCUT2D eigenvalue weighted by Crippen LogP contribution is -2.44. The van der Waals surface area contributed by atoms with Gasteiger partial charge in [0, 0.05) is 0 Å². The van der Waals surface area contributed by atoms with Crippen molar-refractivity contribution in [3.8, 4) is 11.5 Å². The highest BCUT2D eigenvalue weighted by Crippen LogP contribution is 2.36. The molecule has 1 aromatic rings. The second-order valence-corrected chi connectivity index (χ2v) is 7.83. The molecule has 1 atom stereocenters. The minimum atomic E-state index is -1.05. The molecular weight excluding hydrogens is 374 g/mol. The van der Waals surface area contributed by atoms with Crippen molar-refractivity contribution in [3.63, 3.8) is 0 Å². The van der Waals surface area contributed by atoms with Gasteiger partial charge in [-0.05, 0) is 36.1 Å². The molecule has 1 aromatic carbocycles. The SMILES string of the molecule is COc1ccc(/C=C2\SC(=S)N([C@@H](CC(C)C)C(=O)O)C2=O)cc1OC. The molecule has 1 fully saturated rings. The molecule has 0 bridgehead atoms. The van der Waals surface area contributed by atoms with Crippen molar-refractivity contribution in [3.05, 3.63) is 28.7 Å². The van der Waals surface area contributed by atoms with E-state index in [0.29, 0.717) is 22.8 Å². The van der Waals surface area contributed by atoms with Gasteiger partial charge in [-0.3, -0.25) is 9.69 Å². The van der Waals surface area contributed by atoms with E-state index in [-0.39, 0.29) is 16.1 Å². The maximum atomic E-state index is 12.8. The average Bonchev–Trinajstić information content (AvgIpc) is 2.86. The van der Waals surface area contributed by atoms with Gasteiger partial charge in [-0.25, -0.2) is 4.79 Å². The Morgan fingerprint density at radius 1 is 1.31 bits per heavy atom. The zero-order valence-corrected chi connectivity index (χ0v) is 16.6. The van der Waals surface area contributed by atoms with Crippen molar-refractivity contribution in [1.29, 1.82) is 0 Å². The van der Waals surface area contributed by atoms with Crippen LogP contribution < -0.4 is 9.47 Å². The molecule has 2 rings (SSSR count). The maximum absolute atomic E-state index is 12.8. The normalized spacial score (nSPS) is 17.1. The molecule has 26 heavy (non-hydrogen) atoms. The summed E-state index contributed by atoms with van der Waals surface area (Å²) >= 11 is 6.37. The highest BCUT2D eigenvalue weighted by molar-refractivity contribution is 8.26. The summed E-state index contributed by atoms with van der Waals surface area (Å²) in [6.45, 7) is 3.82. The number of carboxylic acids is 1. The Bertz CT molecular complexity index is 760. The van der Waals surface area contributed by atoms with Crippen molar-refractivity contribution < 1.29 is 24.2 Å². The van der Waals surface area contributed by atoms with Crippen LogP contribution in [0.15, 0.2) is 23.1 Å². The first-order chi connectivity index (χ1) is 12.3. The maximum Gasteiger partial charge on any atom is 0.326 e. The molecular formula is C18H21NO5S2. The first kappa shape index (κ1) is 20.3. The molecule has 6 nitrogen and oxygen atoms in total. The molecule has 1 aliphatic rings. The molecule has 1 saturated heterocycles. The number of rotatable bonds is 7. The van der Waals surface area contributed by atoms with E-state index < -0.39 is 12.0 Å². The number of aliphatic carboxylic acids is 1. The minimum Gasteiger partial charge on any atom is -0.493 e. The van der Waals surface area contributed by atoms with Crippen LogP contribution in [-0.4, -0.2) is 46.5 Å². The van der Waals surface area contributed by atoms with Crippen LogP contribution in [0.3, 0.4) is 0 Å². The van der Waals surface area contributed by atoms with Gasteiger partial charge in [-0.15, -0.1) is 0 Å². The number of thiocarbonyl (C=S) groups is 1. The minimum absolute atomic E-state index is 0.121. The van der Waals surface area contributed by atoms with Crippen LogP contribution >= 0.6 is 24.0 Å². The molecule has 0 aromatic heterocycles. The summed E-state index contributed by atoms with van der Waals surface area (Å²) in [5.74, 6) is -0.194. The first-order valence-electron chi connectivity index (χ1n) is 8.00. The molecule has 1 aliphatic heterocycles. The highest BCUT2D eigenvalue weighted by atomic mass is 32.2. The zero-order valence-electron chi connectivity index (χ0n) is 15.0. The number of amides is 1. The molecule has 8 heteroatoms. The number of hydrogen-bond donors (Lipinski definition) is 1. The quantitative estimate of drug-likeness (QED) is 0.560. The van der Waals surface area contributed by atoms with E-state index in [0.717, 1.165) is 17.3 Å². The predicted molar refractivity (Wildman–Crippen MR) is 105 cm³/mol. The summed E-state index contributed by atoms with van der Waals surface area (Å²) in [6.07, 6.45) is 2.01. The van der Waals surface area contributed by atoms with E-state index in [2.05, 4.69) is 0 Å². The third-order valence-corrected chi connectivity index (χ3v) is 5.15. The second kappa shape index (κ2) is 8.55. The summed E-state index contributed by atoms with van der Waals surface area (Å²) in [4.78, 5) is 26.0. The van der Waals surface area contributed by atoms with E-state index in [1.807, 2.05) is 13.8 Å². The van der Waals surface area contributed by atoms with Crippen LogP contribution in [0.5, 0.6) is 11.5 Å². The number of thioether (sulfide) groups is 1. The Labute approximate surface area is 162 Å². The monoisotopic (exact) mass is 395 g/mol. The summed E-state index contributed by atoms with van der Waals surface area (Å²) in [7, 11) is 3.08. The van der Waals surface area contributed by atoms with Crippen molar-refractivity contribution in [1.82, 2.24) is 4.90 Å². The number of carbonyl (C=O) groups is 2. The number of ether oxygens (including phenoxy) is 2. The summed E-state index contributed by atoms with van der Waals surface area (Å²) in [5, 5.41) is 9.51. The Morgan fingerprint density at radius 2 is 1.96 bits per heavy atom. The third-order valence-electron chi connectivity index (χ3n) is 3.82. The van der Waals surface area contributed by atoms with Gasteiger partial charge in [0.25, 0.3) is 5.91 Å². The zero-order chi connectivity index (χ0) is 19.4. The molecule has 1 heterocycles. The Hall–Kier alpha value is -2.06. The number of methoxy groups -OCH3 is 2. The van der Waals surface area contributed by atoms with Crippen molar-refractivity contribution in [2.24, 2.45) is 5.92 Å². The van der Waals surface area contributed by atoms with Gasteiger partial charge in [0.05, 0.1) is 19.1 Å². The van der Waals surface area contributed by atoms with Gasteiger partial charge in [0.1, 0.15) is 10.4 Å². The number of hydrogen-bond acceptors (Lipinski definition) is 6. The standard InChI is InChI=1S/C18H21NO5S2/c1-10(2)7-12(17(21)22)19-16(20)15(26-18(19)25)9-11-5-6-13(23-3)14(8-11)24-4/h5-6,8-10,12H,7H2,1-4H3,(H,21,22)/b15-9-/t12-/m0/s1.